The van der Waals surface area contributed by atoms with Crippen LogP contribution < -0.4 is 9.80 Å². The molecule has 1 fully saturated rings. The van der Waals surface area contributed by atoms with E-state index in [0.717, 1.165) is 43.6 Å². The lowest BCUT2D eigenvalue weighted by Crippen LogP contribution is -3.14. The molecule has 1 atom stereocenters. The molecule has 2 aromatic rings. The van der Waals surface area contributed by atoms with Crippen molar-refractivity contribution in [2.24, 2.45) is 0 Å². The molecule has 0 spiro atoms. The Kier molecular flexibility index (Phi) is 4.77. The van der Waals surface area contributed by atoms with Crippen molar-refractivity contribution in [1.29, 1.82) is 0 Å². The van der Waals surface area contributed by atoms with E-state index in [-0.39, 0.29) is 0 Å². The van der Waals surface area contributed by atoms with E-state index in [1.807, 2.05) is 13.0 Å². The van der Waals surface area contributed by atoms with Gasteiger partial charge in [0, 0.05) is 16.8 Å². The maximum Gasteiger partial charge on any atom is 0.150 e. The Balaban J connectivity index is 1.64. The van der Waals surface area contributed by atoms with Gasteiger partial charge in [-0.15, -0.1) is 0 Å². The fourth-order valence-electron chi connectivity index (χ4n) is 3.45. The summed E-state index contributed by atoms with van der Waals surface area (Å²) in [6.45, 7) is 8.74. The number of carbonyl (C=O) groups is 1. The Morgan fingerprint density at radius 2 is 1.78 bits per heavy atom. The highest BCUT2D eigenvalue weighted by Gasteiger charge is 2.25. The highest BCUT2D eigenvalue weighted by molar-refractivity contribution is 5.78. The molecule has 1 heterocycles. The van der Waals surface area contributed by atoms with Gasteiger partial charge < -0.3 is 9.80 Å². The largest absolute Gasteiger partial charge is 0.360 e. The Bertz CT molecular complexity index is 661. The first-order valence-corrected chi connectivity index (χ1v) is 8.39. The topological polar surface area (TPSA) is 24.8 Å². The zero-order valence-electron chi connectivity index (χ0n) is 14.0. The van der Waals surface area contributed by atoms with Crippen LogP contribution in [0.5, 0.6) is 0 Å². The number of anilines is 1. The van der Waals surface area contributed by atoms with Gasteiger partial charge in [-0.05, 0) is 37.6 Å². The van der Waals surface area contributed by atoms with Crippen LogP contribution in [0, 0.1) is 6.92 Å². The number of piperazine rings is 1. The second kappa shape index (κ2) is 6.97. The molecule has 3 heteroatoms. The maximum atomic E-state index is 11.0. The number of nitrogens with one attached hydrogen (secondary N) is 1. The summed E-state index contributed by atoms with van der Waals surface area (Å²) < 4.78 is 0. The van der Waals surface area contributed by atoms with E-state index in [2.05, 4.69) is 54.3 Å². The van der Waals surface area contributed by atoms with Gasteiger partial charge in [-0.2, -0.15) is 0 Å². The second-order valence-corrected chi connectivity index (χ2v) is 6.44. The number of carbonyl (C=O) groups excluding carboxylic acids is 1. The number of benzene rings is 2. The van der Waals surface area contributed by atoms with Gasteiger partial charge in [-0.1, -0.05) is 30.3 Å². The van der Waals surface area contributed by atoms with Crippen molar-refractivity contribution >= 4 is 12.0 Å². The fourth-order valence-corrected chi connectivity index (χ4v) is 3.45. The SMILES string of the molecule is Cc1cc(N2CC[NH+]([C@@H](C)c3ccccc3)CC2)ccc1C=O. The number of rotatable bonds is 4. The van der Waals surface area contributed by atoms with Crippen molar-refractivity contribution in [3.63, 3.8) is 0 Å². The third-order valence-electron chi connectivity index (χ3n) is 5.06. The van der Waals surface area contributed by atoms with E-state index in [4.69, 9.17) is 0 Å². The van der Waals surface area contributed by atoms with Crippen LogP contribution in [0.25, 0.3) is 0 Å². The molecule has 0 radical (unpaired) electrons. The summed E-state index contributed by atoms with van der Waals surface area (Å²) in [4.78, 5) is 15.0. The van der Waals surface area contributed by atoms with E-state index >= 15 is 0 Å². The summed E-state index contributed by atoms with van der Waals surface area (Å²) in [5, 5.41) is 0. The lowest BCUT2D eigenvalue weighted by molar-refractivity contribution is -0.930. The molecule has 0 bridgehead atoms. The van der Waals surface area contributed by atoms with Gasteiger partial charge in [-0.3, -0.25) is 4.79 Å². The van der Waals surface area contributed by atoms with Crippen LogP contribution in [0.2, 0.25) is 0 Å². The minimum absolute atomic E-state index is 0.539. The van der Waals surface area contributed by atoms with Gasteiger partial charge in [-0.25, -0.2) is 0 Å². The van der Waals surface area contributed by atoms with E-state index in [1.54, 1.807) is 4.90 Å². The van der Waals surface area contributed by atoms with Crippen LogP contribution in [-0.2, 0) is 0 Å². The normalized spacial score (nSPS) is 17.0. The molecule has 1 aliphatic heterocycles. The molecule has 0 aromatic heterocycles. The summed E-state index contributed by atoms with van der Waals surface area (Å²) in [5.74, 6) is 0. The number of hydrogen-bond donors (Lipinski definition) is 1. The average Bonchev–Trinajstić information content (AvgIpc) is 2.62. The fraction of sp³-hybridized carbons (Fsp3) is 0.350. The van der Waals surface area contributed by atoms with Gasteiger partial charge in [0.15, 0.2) is 0 Å². The first kappa shape index (κ1) is 15.8. The minimum atomic E-state index is 0.539. The molecule has 2 aromatic carbocycles. The monoisotopic (exact) mass is 309 g/mol. The summed E-state index contributed by atoms with van der Waals surface area (Å²) in [7, 11) is 0. The van der Waals surface area contributed by atoms with Gasteiger partial charge in [0.2, 0.25) is 0 Å². The molecule has 0 saturated carbocycles. The van der Waals surface area contributed by atoms with Gasteiger partial charge in [0.1, 0.15) is 12.3 Å². The van der Waals surface area contributed by atoms with Crippen LogP contribution in [0.4, 0.5) is 5.69 Å². The molecule has 23 heavy (non-hydrogen) atoms. The summed E-state index contributed by atoms with van der Waals surface area (Å²) in [6, 6.07) is 17.5. The van der Waals surface area contributed by atoms with Crippen molar-refractivity contribution < 1.29 is 9.69 Å². The van der Waals surface area contributed by atoms with Crippen LogP contribution in [0.1, 0.15) is 34.5 Å². The smallest absolute Gasteiger partial charge is 0.150 e. The Morgan fingerprint density at radius 3 is 2.39 bits per heavy atom. The van der Waals surface area contributed by atoms with Gasteiger partial charge in [0.05, 0.1) is 26.2 Å². The number of aldehydes is 1. The van der Waals surface area contributed by atoms with E-state index < -0.39 is 0 Å². The Labute approximate surface area is 138 Å². The van der Waals surface area contributed by atoms with E-state index in [0.29, 0.717) is 6.04 Å². The molecule has 0 amide bonds. The molecule has 1 saturated heterocycles. The summed E-state index contributed by atoms with van der Waals surface area (Å²) in [5.41, 5.74) is 4.50. The third kappa shape index (κ3) is 3.45. The number of aryl methyl sites for hydroxylation is 1. The van der Waals surface area contributed by atoms with Crippen molar-refractivity contribution in [3.8, 4) is 0 Å². The highest BCUT2D eigenvalue weighted by Crippen LogP contribution is 2.19. The predicted molar refractivity (Wildman–Crippen MR) is 94.3 cm³/mol. The molecule has 0 unspecified atom stereocenters. The zero-order valence-corrected chi connectivity index (χ0v) is 14.0. The molecular weight excluding hydrogens is 284 g/mol. The molecule has 1 N–H and O–H groups in total. The predicted octanol–water partition coefficient (Wildman–Crippen LogP) is 2.27. The van der Waals surface area contributed by atoms with Crippen molar-refractivity contribution in [2.45, 2.75) is 19.9 Å². The first-order chi connectivity index (χ1) is 11.2. The highest BCUT2D eigenvalue weighted by atomic mass is 16.1. The van der Waals surface area contributed by atoms with Crippen molar-refractivity contribution in [3.05, 3.63) is 65.2 Å². The second-order valence-electron chi connectivity index (χ2n) is 6.44. The molecule has 1 aliphatic rings. The Morgan fingerprint density at radius 1 is 1.09 bits per heavy atom. The standard InChI is InChI=1S/C20H24N2O/c1-16-14-20(9-8-19(16)15-23)22-12-10-21(11-13-22)17(2)18-6-4-3-5-7-18/h3-9,14-15,17H,10-13H2,1-2H3/p+1/t17-/m0/s1. The lowest BCUT2D eigenvalue weighted by Gasteiger charge is -2.36. The van der Waals surface area contributed by atoms with Crippen molar-refractivity contribution in [2.75, 3.05) is 31.1 Å². The molecule has 120 valence electrons. The van der Waals surface area contributed by atoms with Crippen LogP contribution in [0.15, 0.2) is 48.5 Å². The molecule has 3 rings (SSSR count). The lowest BCUT2D eigenvalue weighted by atomic mass is 10.1. The molecule has 3 nitrogen and oxygen atoms in total. The van der Waals surface area contributed by atoms with Crippen LogP contribution >= 0.6 is 0 Å². The molecule has 0 aliphatic carbocycles. The Hall–Kier alpha value is -2.13. The van der Waals surface area contributed by atoms with E-state index in [1.165, 1.54) is 11.3 Å². The number of hydrogen-bond acceptors (Lipinski definition) is 2. The summed E-state index contributed by atoms with van der Waals surface area (Å²) in [6.07, 6.45) is 0.933. The average molecular weight is 309 g/mol. The van der Waals surface area contributed by atoms with E-state index in [9.17, 15) is 4.79 Å². The first-order valence-electron chi connectivity index (χ1n) is 8.39. The number of nitrogens with zero attached hydrogens (tertiary/aromatic N) is 1. The maximum absolute atomic E-state index is 11.0. The third-order valence-corrected chi connectivity index (χ3v) is 5.06. The quantitative estimate of drug-likeness (QED) is 0.877. The van der Waals surface area contributed by atoms with Gasteiger partial charge >= 0.3 is 0 Å². The van der Waals surface area contributed by atoms with Gasteiger partial charge in [0.25, 0.3) is 0 Å². The van der Waals surface area contributed by atoms with Crippen LogP contribution in [-0.4, -0.2) is 32.5 Å². The number of quaternary nitrogens is 1. The van der Waals surface area contributed by atoms with Crippen molar-refractivity contribution in [1.82, 2.24) is 0 Å². The van der Waals surface area contributed by atoms with Crippen LogP contribution in [0.3, 0.4) is 0 Å². The minimum Gasteiger partial charge on any atom is -0.360 e. The zero-order chi connectivity index (χ0) is 16.2. The summed E-state index contributed by atoms with van der Waals surface area (Å²) >= 11 is 0. The molecular formula is C20H25N2O+.